The van der Waals surface area contributed by atoms with Gasteiger partial charge in [0.2, 0.25) is 5.91 Å². The minimum absolute atomic E-state index is 0.107. The number of aryl methyl sites for hydroxylation is 1. The summed E-state index contributed by atoms with van der Waals surface area (Å²) in [6, 6.07) is 15.6. The maximum atomic E-state index is 13.4. The fraction of sp³-hybridized carbons (Fsp3) is 0.200. The highest BCUT2D eigenvalue weighted by Gasteiger charge is 2.05. The van der Waals surface area contributed by atoms with Gasteiger partial charge in [-0.15, -0.1) is 0 Å². The smallest absolute Gasteiger partial charge is 0.224 e. The zero-order valence-electron chi connectivity index (χ0n) is 14.5. The lowest BCUT2D eigenvalue weighted by Gasteiger charge is -2.08. The topological polar surface area (TPSA) is 56.2 Å². The van der Waals surface area contributed by atoms with Gasteiger partial charge in [-0.2, -0.15) is 5.10 Å². The first-order valence-corrected chi connectivity index (χ1v) is 8.42. The molecule has 0 bridgehead atoms. The molecule has 134 valence electrons. The van der Waals surface area contributed by atoms with Gasteiger partial charge < -0.3 is 10.1 Å². The van der Waals surface area contributed by atoms with Crippen LogP contribution in [0.3, 0.4) is 0 Å². The van der Waals surface area contributed by atoms with Crippen LogP contribution in [0.25, 0.3) is 5.69 Å². The van der Waals surface area contributed by atoms with Crippen LogP contribution in [0.5, 0.6) is 5.75 Å². The molecule has 3 aromatic rings. The number of anilines is 1. The second-order valence-corrected chi connectivity index (χ2v) is 5.88. The largest absolute Gasteiger partial charge is 0.491 e. The monoisotopic (exact) mass is 353 g/mol. The number of amides is 1. The van der Waals surface area contributed by atoms with Gasteiger partial charge in [-0.25, -0.2) is 9.07 Å². The summed E-state index contributed by atoms with van der Waals surface area (Å²) < 4.78 is 20.5. The first-order chi connectivity index (χ1) is 12.6. The van der Waals surface area contributed by atoms with Crippen molar-refractivity contribution in [2.24, 2.45) is 0 Å². The van der Waals surface area contributed by atoms with E-state index in [0.29, 0.717) is 12.8 Å². The molecule has 0 radical (unpaired) electrons. The summed E-state index contributed by atoms with van der Waals surface area (Å²) in [4.78, 5) is 12.0. The zero-order valence-corrected chi connectivity index (χ0v) is 14.5. The lowest BCUT2D eigenvalue weighted by molar-refractivity contribution is -0.116. The molecule has 0 saturated heterocycles. The predicted octanol–water partition coefficient (Wildman–Crippen LogP) is 4.12. The number of nitrogens with one attached hydrogen (secondary N) is 1. The van der Waals surface area contributed by atoms with E-state index in [-0.39, 0.29) is 18.3 Å². The molecule has 0 fully saturated rings. The number of ether oxygens (including phenoxy) is 1. The van der Waals surface area contributed by atoms with Gasteiger partial charge in [0.05, 0.1) is 18.0 Å². The maximum absolute atomic E-state index is 13.4. The minimum Gasteiger partial charge on any atom is -0.491 e. The standard InChI is InChI=1S/C20H20FN3O2/c1-15-12-13-24(23-15)17-10-8-16(9-11-17)22-20(25)7-4-14-26-19-6-3-2-5-18(19)21/h2-3,5-6,8-13H,4,7,14H2,1H3,(H,22,25). The van der Waals surface area contributed by atoms with Gasteiger partial charge in [0.25, 0.3) is 0 Å². The quantitative estimate of drug-likeness (QED) is 0.650. The molecule has 1 N–H and O–H groups in total. The van der Waals surface area contributed by atoms with Crippen molar-refractivity contribution >= 4 is 11.6 Å². The Morgan fingerprint density at radius 1 is 1.15 bits per heavy atom. The molecule has 0 aliphatic rings. The average molecular weight is 353 g/mol. The van der Waals surface area contributed by atoms with Gasteiger partial charge in [-0.3, -0.25) is 4.79 Å². The van der Waals surface area contributed by atoms with Crippen molar-refractivity contribution in [2.75, 3.05) is 11.9 Å². The molecule has 26 heavy (non-hydrogen) atoms. The fourth-order valence-corrected chi connectivity index (χ4v) is 2.46. The van der Waals surface area contributed by atoms with E-state index in [1.165, 1.54) is 6.07 Å². The van der Waals surface area contributed by atoms with Crippen molar-refractivity contribution in [1.29, 1.82) is 0 Å². The zero-order chi connectivity index (χ0) is 18.4. The Labute approximate surface area is 151 Å². The molecule has 0 aliphatic heterocycles. The molecular weight excluding hydrogens is 333 g/mol. The molecule has 0 unspecified atom stereocenters. The number of nitrogens with zero attached hydrogens (tertiary/aromatic N) is 2. The summed E-state index contributed by atoms with van der Waals surface area (Å²) in [6.45, 7) is 2.22. The molecular formula is C20H20FN3O2. The molecule has 1 heterocycles. The molecule has 5 nitrogen and oxygen atoms in total. The van der Waals surface area contributed by atoms with Crippen LogP contribution in [0, 0.1) is 12.7 Å². The third-order valence-corrected chi connectivity index (χ3v) is 3.78. The van der Waals surface area contributed by atoms with Gasteiger partial charge >= 0.3 is 0 Å². The fourth-order valence-electron chi connectivity index (χ4n) is 2.46. The Balaban J connectivity index is 1.44. The lowest BCUT2D eigenvalue weighted by Crippen LogP contribution is -2.13. The molecule has 0 saturated carbocycles. The van der Waals surface area contributed by atoms with E-state index in [9.17, 15) is 9.18 Å². The number of carbonyl (C=O) groups excluding carboxylic acids is 1. The van der Waals surface area contributed by atoms with Crippen molar-refractivity contribution in [3.63, 3.8) is 0 Å². The van der Waals surface area contributed by atoms with Crippen LogP contribution in [-0.4, -0.2) is 22.3 Å². The Morgan fingerprint density at radius 3 is 2.62 bits per heavy atom. The number of hydrogen-bond donors (Lipinski definition) is 1. The molecule has 3 rings (SSSR count). The van der Waals surface area contributed by atoms with Gasteiger partial charge in [0, 0.05) is 18.3 Å². The van der Waals surface area contributed by atoms with E-state index >= 15 is 0 Å². The van der Waals surface area contributed by atoms with E-state index in [1.807, 2.05) is 43.5 Å². The predicted molar refractivity (Wildman–Crippen MR) is 98.1 cm³/mol. The Bertz CT molecular complexity index is 875. The molecule has 0 atom stereocenters. The first kappa shape index (κ1) is 17.7. The number of carbonyl (C=O) groups is 1. The summed E-state index contributed by atoms with van der Waals surface area (Å²) in [7, 11) is 0. The molecule has 0 spiro atoms. The van der Waals surface area contributed by atoms with E-state index in [4.69, 9.17) is 4.74 Å². The average Bonchev–Trinajstić information content (AvgIpc) is 3.07. The van der Waals surface area contributed by atoms with Crippen LogP contribution in [0.1, 0.15) is 18.5 Å². The molecule has 2 aromatic carbocycles. The van der Waals surface area contributed by atoms with E-state index in [1.54, 1.807) is 22.9 Å². The summed E-state index contributed by atoms with van der Waals surface area (Å²) in [5.74, 6) is -0.299. The third kappa shape index (κ3) is 4.69. The van der Waals surface area contributed by atoms with E-state index in [0.717, 1.165) is 17.1 Å². The second kappa shape index (κ2) is 8.29. The lowest BCUT2D eigenvalue weighted by atomic mass is 10.2. The molecule has 6 heteroatoms. The number of para-hydroxylation sites is 1. The van der Waals surface area contributed by atoms with Gasteiger partial charge in [0.15, 0.2) is 11.6 Å². The van der Waals surface area contributed by atoms with Crippen LogP contribution in [0.2, 0.25) is 0 Å². The number of benzene rings is 2. The Kier molecular flexibility index (Phi) is 5.63. The Hall–Kier alpha value is -3.15. The van der Waals surface area contributed by atoms with Crippen molar-refractivity contribution in [2.45, 2.75) is 19.8 Å². The summed E-state index contributed by atoms with van der Waals surface area (Å²) in [6.07, 6.45) is 2.69. The van der Waals surface area contributed by atoms with Crippen molar-refractivity contribution in [1.82, 2.24) is 9.78 Å². The van der Waals surface area contributed by atoms with Crippen molar-refractivity contribution in [3.8, 4) is 11.4 Å². The Morgan fingerprint density at radius 2 is 1.92 bits per heavy atom. The maximum Gasteiger partial charge on any atom is 0.224 e. The van der Waals surface area contributed by atoms with Gasteiger partial charge in [-0.05, 0) is 55.8 Å². The van der Waals surface area contributed by atoms with Gasteiger partial charge in [0.1, 0.15) is 0 Å². The summed E-state index contributed by atoms with van der Waals surface area (Å²) in [5.41, 5.74) is 2.59. The number of halogens is 1. The third-order valence-electron chi connectivity index (χ3n) is 3.78. The van der Waals surface area contributed by atoms with Crippen LogP contribution in [-0.2, 0) is 4.79 Å². The first-order valence-electron chi connectivity index (χ1n) is 8.42. The van der Waals surface area contributed by atoms with Crippen LogP contribution in [0.15, 0.2) is 60.8 Å². The van der Waals surface area contributed by atoms with Crippen molar-refractivity contribution < 1.29 is 13.9 Å². The van der Waals surface area contributed by atoms with Crippen LogP contribution >= 0.6 is 0 Å². The number of rotatable bonds is 7. The summed E-state index contributed by atoms with van der Waals surface area (Å²) >= 11 is 0. The molecule has 1 aromatic heterocycles. The highest BCUT2D eigenvalue weighted by Crippen LogP contribution is 2.16. The van der Waals surface area contributed by atoms with Crippen LogP contribution < -0.4 is 10.1 Å². The highest BCUT2D eigenvalue weighted by atomic mass is 19.1. The van der Waals surface area contributed by atoms with Crippen molar-refractivity contribution in [3.05, 3.63) is 72.3 Å². The molecule has 1 amide bonds. The normalized spacial score (nSPS) is 10.5. The number of hydrogen-bond acceptors (Lipinski definition) is 3. The SMILES string of the molecule is Cc1ccn(-c2ccc(NC(=O)CCCOc3ccccc3F)cc2)n1. The number of aromatic nitrogens is 2. The highest BCUT2D eigenvalue weighted by molar-refractivity contribution is 5.90. The minimum atomic E-state index is -0.399. The van der Waals surface area contributed by atoms with E-state index in [2.05, 4.69) is 10.4 Å². The second-order valence-electron chi connectivity index (χ2n) is 5.88. The molecule has 0 aliphatic carbocycles. The van der Waals surface area contributed by atoms with Gasteiger partial charge in [-0.1, -0.05) is 12.1 Å². The van der Waals surface area contributed by atoms with E-state index < -0.39 is 5.82 Å². The van der Waals surface area contributed by atoms with Crippen LogP contribution in [0.4, 0.5) is 10.1 Å². The summed E-state index contributed by atoms with van der Waals surface area (Å²) in [5, 5.41) is 7.18.